The van der Waals surface area contributed by atoms with Crippen LogP contribution in [0.25, 0.3) is 0 Å². The Labute approximate surface area is 151 Å². The molecule has 4 nitrogen and oxygen atoms in total. The van der Waals surface area contributed by atoms with Gasteiger partial charge in [0.25, 0.3) is 0 Å². The molecule has 2 rings (SSSR count). The minimum Gasteiger partial charge on any atom is -0.380 e. The SMILES string of the molecule is CN=C(NCC1(C)COC1)NC(C)C(C)c1ccccc1.I. The normalized spacial score (nSPS) is 19.4. The molecule has 0 bridgehead atoms. The topological polar surface area (TPSA) is 45.7 Å². The van der Waals surface area contributed by atoms with E-state index in [1.165, 1.54) is 5.56 Å². The number of nitrogens with one attached hydrogen (secondary N) is 2. The van der Waals surface area contributed by atoms with Crippen LogP contribution in [-0.4, -0.2) is 38.8 Å². The Balaban J connectivity index is 0.00000242. The molecule has 2 N–H and O–H groups in total. The maximum atomic E-state index is 5.28. The number of nitrogens with zero attached hydrogens (tertiary/aromatic N) is 1. The molecular formula is C17H28IN3O. The van der Waals surface area contributed by atoms with Crippen molar-refractivity contribution in [1.29, 1.82) is 0 Å². The first-order valence-electron chi connectivity index (χ1n) is 7.64. The van der Waals surface area contributed by atoms with E-state index in [-0.39, 0.29) is 29.4 Å². The van der Waals surface area contributed by atoms with Crippen molar-refractivity contribution < 1.29 is 4.74 Å². The highest BCUT2D eigenvalue weighted by molar-refractivity contribution is 14.0. The van der Waals surface area contributed by atoms with Gasteiger partial charge in [-0.25, -0.2) is 0 Å². The van der Waals surface area contributed by atoms with E-state index < -0.39 is 0 Å². The highest BCUT2D eigenvalue weighted by Crippen LogP contribution is 2.25. The maximum absolute atomic E-state index is 5.28. The minimum atomic E-state index is 0. The second-order valence-corrected chi connectivity index (χ2v) is 6.36. The molecule has 1 saturated heterocycles. The molecule has 0 saturated carbocycles. The zero-order valence-electron chi connectivity index (χ0n) is 13.9. The number of hydrogen-bond acceptors (Lipinski definition) is 2. The third kappa shape index (κ3) is 5.12. The van der Waals surface area contributed by atoms with E-state index in [0.29, 0.717) is 12.0 Å². The number of aliphatic imine (C=N–C) groups is 1. The summed E-state index contributed by atoms with van der Waals surface area (Å²) in [5.74, 6) is 1.28. The highest BCUT2D eigenvalue weighted by Gasteiger charge is 2.33. The van der Waals surface area contributed by atoms with Gasteiger partial charge in [-0.2, -0.15) is 0 Å². The molecule has 0 amide bonds. The van der Waals surface area contributed by atoms with Crippen LogP contribution in [0.3, 0.4) is 0 Å². The molecule has 0 aliphatic carbocycles. The van der Waals surface area contributed by atoms with Crippen LogP contribution >= 0.6 is 24.0 Å². The Morgan fingerprint density at radius 3 is 2.41 bits per heavy atom. The fraction of sp³-hybridized carbons (Fsp3) is 0.588. The number of benzene rings is 1. The van der Waals surface area contributed by atoms with E-state index in [4.69, 9.17) is 4.74 Å². The lowest BCUT2D eigenvalue weighted by Gasteiger charge is -2.38. The molecule has 0 radical (unpaired) electrons. The van der Waals surface area contributed by atoms with Crippen molar-refractivity contribution >= 4 is 29.9 Å². The Hall–Kier alpha value is -0.820. The lowest BCUT2D eigenvalue weighted by atomic mass is 9.89. The third-order valence-corrected chi connectivity index (χ3v) is 4.25. The molecule has 1 aromatic rings. The molecule has 1 aliphatic heterocycles. The summed E-state index contributed by atoms with van der Waals surface area (Å²) in [6.07, 6.45) is 0. The van der Waals surface area contributed by atoms with E-state index >= 15 is 0 Å². The fourth-order valence-electron chi connectivity index (χ4n) is 2.43. The molecule has 124 valence electrons. The smallest absolute Gasteiger partial charge is 0.191 e. The summed E-state index contributed by atoms with van der Waals surface area (Å²) in [4.78, 5) is 4.32. The molecule has 2 unspecified atom stereocenters. The summed E-state index contributed by atoms with van der Waals surface area (Å²) in [5.41, 5.74) is 1.58. The molecular weight excluding hydrogens is 389 g/mol. The Bertz CT molecular complexity index is 474. The average Bonchev–Trinajstić information content (AvgIpc) is 2.49. The molecule has 1 fully saturated rings. The lowest BCUT2D eigenvalue weighted by Crippen LogP contribution is -2.52. The zero-order chi connectivity index (χ0) is 15.3. The van der Waals surface area contributed by atoms with E-state index in [9.17, 15) is 0 Å². The number of halogens is 1. The molecule has 0 aromatic heterocycles. The van der Waals surface area contributed by atoms with Crippen LogP contribution in [0.2, 0.25) is 0 Å². The highest BCUT2D eigenvalue weighted by atomic mass is 127. The molecule has 1 aromatic carbocycles. The van der Waals surface area contributed by atoms with Gasteiger partial charge in [0.1, 0.15) is 0 Å². The standard InChI is InChI=1S/C17H27N3O.HI/c1-13(15-8-6-5-7-9-15)14(2)20-16(18-4)19-10-17(3)11-21-12-17;/h5-9,13-14H,10-12H2,1-4H3,(H2,18,19,20);1H. The van der Waals surface area contributed by atoms with E-state index in [1.807, 2.05) is 7.05 Å². The number of ether oxygens (including phenoxy) is 1. The van der Waals surface area contributed by atoms with Gasteiger partial charge in [0.15, 0.2) is 5.96 Å². The molecule has 5 heteroatoms. The first kappa shape index (κ1) is 19.2. The third-order valence-electron chi connectivity index (χ3n) is 4.25. The van der Waals surface area contributed by atoms with Gasteiger partial charge < -0.3 is 15.4 Å². The molecule has 2 atom stereocenters. The molecule has 22 heavy (non-hydrogen) atoms. The summed E-state index contributed by atoms with van der Waals surface area (Å²) in [6, 6.07) is 10.9. The second kappa shape index (κ2) is 8.72. The van der Waals surface area contributed by atoms with Gasteiger partial charge in [0.05, 0.1) is 13.2 Å². The monoisotopic (exact) mass is 417 g/mol. The minimum absolute atomic E-state index is 0. The number of hydrogen-bond donors (Lipinski definition) is 2. The first-order chi connectivity index (χ1) is 10.0. The van der Waals surface area contributed by atoms with Gasteiger partial charge in [-0.15, -0.1) is 24.0 Å². The number of rotatable bonds is 5. The lowest BCUT2D eigenvalue weighted by molar-refractivity contribution is -0.0971. The summed E-state index contributed by atoms with van der Waals surface area (Å²) in [7, 11) is 1.81. The van der Waals surface area contributed by atoms with Crippen LogP contribution in [-0.2, 0) is 4.74 Å². The van der Waals surface area contributed by atoms with Crippen LogP contribution in [0.5, 0.6) is 0 Å². The maximum Gasteiger partial charge on any atom is 0.191 e. The predicted molar refractivity (Wildman–Crippen MR) is 103 cm³/mol. The summed E-state index contributed by atoms with van der Waals surface area (Å²) >= 11 is 0. The van der Waals surface area contributed by atoms with Crippen molar-refractivity contribution in [2.45, 2.75) is 32.7 Å². The van der Waals surface area contributed by atoms with Crippen LogP contribution < -0.4 is 10.6 Å². The van der Waals surface area contributed by atoms with Crippen LogP contribution in [0.15, 0.2) is 35.3 Å². The fourth-order valence-corrected chi connectivity index (χ4v) is 2.43. The van der Waals surface area contributed by atoms with E-state index in [1.54, 1.807) is 0 Å². The first-order valence-corrected chi connectivity index (χ1v) is 7.64. The van der Waals surface area contributed by atoms with Crippen LogP contribution in [0.4, 0.5) is 0 Å². The van der Waals surface area contributed by atoms with Crippen molar-refractivity contribution in [3.63, 3.8) is 0 Å². The Kier molecular flexibility index (Phi) is 7.62. The average molecular weight is 417 g/mol. The second-order valence-electron chi connectivity index (χ2n) is 6.36. The van der Waals surface area contributed by atoms with Gasteiger partial charge in [-0.3, -0.25) is 4.99 Å². The Morgan fingerprint density at radius 2 is 1.91 bits per heavy atom. The van der Waals surface area contributed by atoms with Gasteiger partial charge in [0, 0.05) is 31.0 Å². The van der Waals surface area contributed by atoms with Crippen LogP contribution in [0.1, 0.15) is 32.3 Å². The summed E-state index contributed by atoms with van der Waals surface area (Å²) < 4.78 is 5.28. The largest absolute Gasteiger partial charge is 0.380 e. The number of guanidine groups is 1. The van der Waals surface area contributed by atoms with E-state index in [0.717, 1.165) is 25.7 Å². The van der Waals surface area contributed by atoms with Crippen molar-refractivity contribution in [1.82, 2.24) is 10.6 Å². The van der Waals surface area contributed by atoms with Gasteiger partial charge >= 0.3 is 0 Å². The van der Waals surface area contributed by atoms with Crippen molar-refractivity contribution in [3.05, 3.63) is 35.9 Å². The predicted octanol–water partition coefficient (Wildman–Crippen LogP) is 3.00. The molecule has 0 spiro atoms. The summed E-state index contributed by atoms with van der Waals surface area (Å²) in [5, 5.41) is 6.89. The van der Waals surface area contributed by atoms with Crippen LogP contribution in [0, 0.1) is 5.41 Å². The summed E-state index contributed by atoms with van der Waals surface area (Å²) in [6.45, 7) is 9.20. The quantitative estimate of drug-likeness (QED) is 0.440. The zero-order valence-corrected chi connectivity index (χ0v) is 16.3. The van der Waals surface area contributed by atoms with E-state index in [2.05, 4.69) is 66.7 Å². The molecule has 1 heterocycles. The van der Waals surface area contributed by atoms with Crippen molar-refractivity contribution in [3.8, 4) is 0 Å². The van der Waals surface area contributed by atoms with Gasteiger partial charge in [0.2, 0.25) is 0 Å². The Morgan fingerprint density at radius 1 is 1.27 bits per heavy atom. The van der Waals surface area contributed by atoms with Crippen molar-refractivity contribution in [2.24, 2.45) is 10.4 Å². The van der Waals surface area contributed by atoms with Crippen molar-refractivity contribution in [2.75, 3.05) is 26.8 Å². The molecule has 1 aliphatic rings. The van der Waals surface area contributed by atoms with Gasteiger partial charge in [-0.1, -0.05) is 44.2 Å². The van der Waals surface area contributed by atoms with Gasteiger partial charge in [-0.05, 0) is 12.5 Å².